The lowest BCUT2D eigenvalue weighted by atomic mass is 10.1. The molecule has 6 heteroatoms. The molecule has 1 atom stereocenters. The number of amides is 1. The molecule has 106 valence electrons. The summed E-state index contributed by atoms with van der Waals surface area (Å²) in [6.45, 7) is 1.86. The number of rotatable bonds is 7. The van der Waals surface area contributed by atoms with Crippen molar-refractivity contribution in [3.05, 3.63) is 29.8 Å². The van der Waals surface area contributed by atoms with Gasteiger partial charge in [0.15, 0.2) is 0 Å². The van der Waals surface area contributed by atoms with E-state index >= 15 is 0 Å². The number of thioether (sulfide) groups is 1. The fraction of sp³-hybridized carbons (Fsp3) is 0.357. The highest BCUT2D eigenvalue weighted by Gasteiger charge is 2.20. The number of carboxylic acid groups (broad SMARTS) is 1. The molecule has 1 aromatic rings. The van der Waals surface area contributed by atoms with Gasteiger partial charge < -0.3 is 10.4 Å². The van der Waals surface area contributed by atoms with Crippen LogP contribution in [-0.4, -0.2) is 28.8 Å². The number of nitrogens with one attached hydrogen (secondary N) is 1. The van der Waals surface area contributed by atoms with Gasteiger partial charge in [0.05, 0.1) is 17.4 Å². The number of hydrogen-bond acceptors (Lipinski definition) is 4. The Morgan fingerprint density at radius 2 is 2.15 bits per heavy atom. The van der Waals surface area contributed by atoms with Crippen molar-refractivity contribution in [2.24, 2.45) is 0 Å². The van der Waals surface area contributed by atoms with Crippen LogP contribution in [0.1, 0.15) is 30.1 Å². The average molecular weight is 292 g/mol. The lowest BCUT2D eigenvalue weighted by Crippen LogP contribution is -2.40. The van der Waals surface area contributed by atoms with Crippen LogP contribution in [0.3, 0.4) is 0 Å². The third-order valence-corrected chi connectivity index (χ3v) is 3.55. The maximum absolute atomic E-state index is 12.1. The zero-order valence-corrected chi connectivity index (χ0v) is 11.9. The molecule has 0 saturated carbocycles. The highest BCUT2D eigenvalue weighted by Crippen LogP contribution is 2.22. The van der Waals surface area contributed by atoms with Gasteiger partial charge in [0.2, 0.25) is 0 Å². The topological polar surface area (TPSA) is 90.2 Å². The van der Waals surface area contributed by atoms with Crippen LogP contribution in [0.2, 0.25) is 0 Å². The van der Waals surface area contributed by atoms with Gasteiger partial charge in [0.25, 0.3) is 5.91 Å². The Labute approximate surface area is 122 Å². The molecule has 0 aliphatic carbocycles. The minimum Gasteiger partial charge on any atom is -0.480 e. The van der Waals surface area contributed by atoms with E-state index in [1.165, 1.54) is 11.8 Å². The van der Waals surface area contributed by atoms with E-state index in [4.69, 9.17) is 10.4 Å². The van der Waals surface area contributed by atoms with Gasteiger partial charge in [-0.3, -0.25) is 4.79 Å². The lowest BCUT2D eigenvalue weighted by Gasteiger charge is -2.14. The zero-order valence-electron chi connectivity index (χ0n) is 11.1. The summed E-state index contributed by atoms with van der Waals surface area (Å²) >= 11 is 1.25. The van der Waals surface area contributed by atoms with Crippen molar-refractivity contribution >= 4 is 23.6 Å². The van der Waals surface area contributed by atoms with Gasteiger partial charge in [0.1, 0.15) is 6.04 Å². The van der Waals surface area contributed by atoms with Crippen molar-refractivity contribution in [3.63, 3.8) is 0 Å². The van der Waals surface area contributed by atoms with Crippen molar-refractivity contribution < 1.29 is 14.7 Å². The lowest BCUT2D eigenvalue weighted by molar-refractivity contribution is -0.139. The van der Waals surface area contributed by atoms with Crippen molar-refractivity contribution in [1.82, 2.24) is 5.32 Å². The quantitative estimate of drug-likeness (QED) is 0.752. The molecule has 20 heavy (non-hydrogen) atoms. The Kier molecular flexibility index (Phi) is 6.60. The number of benzene rings is 1. The molecular formula is C14H16N2O3S. The number of aliphatic carboxylic acids is 1. The normalized spacial score (nSPS) is 11.4. The molecule has 2 N–H and O–H groups in total. The Morgan fingerprint density at radius 3 is 2.75 bits per heavy atom. The monoisotopic (exact) mass is 292 g/mol. The molecular weight excluding hydrogens is 276 g/mol. The average Bonchev–Trinajstić information content (AvgIpc) is 2.44. The van der Waals surface area contributed by atoms with E-state index in [0.717, 1.165) is 0 Å². The fourth-order valence-electron chi connectivity index (χ4n) is 1.67. The number of carbonyl (C=O) groups is 2. The van der Waals surface area contributed by atoms with Gasteiger partial charge in [0, 0.05) is 4.90 Å². The largest absolute Gasteiger partial charge is 0.480 e. The van der Waals surface area contributed by atoms with E-state index in [1.807, 2.05) is 13.0 Å². The van der Waals surface area contributed by atoms with Crippen LogP contribution in [0.15, 0.2) is 29.2 Å². The van der Waals surface area contributed by atoms with Gasteiger partial charge in [-0.25, -0.2) is 4.79 Å². The second-order valence-corrected chi connectivity index (χ2v) is 5.11. The molecule has 0 heterocycles. The van der Waals surface area contributed by atoms with E-state index in [9.17, 15) is 9.59 Å². The predicted molar refractivity (Wildman–Crippen MR) is 76.6 cm³/mol. The predicted octanol–water partition coefficient (Wildman–Crippen LogP) is 2.29. The molecule has 0 spiro atoms. The second-order valence-electron chi connectivity index (χ2n) is 4.10. The molecule has 1 aromatic carbocycles. The maximum atomic E-state index is 12.1. The summed E-state index contributed by atoms with van der Waals surface area (Å²) < 4.78 is 0. The Bertz CT molecular complexity index is 525. The molecule has 0 bridgehead atoms. The molecule has 5 nitrogen and oxygen atoms in total. The standard InChI is InChI=1S/C14H16N2O3S/c1-2-5-11(14(18)19)16-13(17)10-6-3-4-7-12(10)20-9-8-15/h3-4,6-7,11H,2,5,9H2,1H3,(H,16,17)(H,18,19). The van der Waals surface area contributed by atoms with Gasteiger partial charge in [-0.2, -0.15) is 5.26 Å². The van der Waals surface area contributed by atoms with E-state index in [2.05, 4.69) is 5.32 Å². The Hall–Kier alpha value is -2.00. The summed E-state index contributed by atoms with van der Waals surface area (Å²) in [7, 11) is 0. The highest BCUT2D eigenvalue weighted by atomic mass is 32.2. The minimum atomic E-state index is -1.04. The fourth-order valence-corrected chi connectivity index (χ4v) is 2.38. The van der Waals surface area contributed by atoms with Gasteiger partial charge >= 0.3 is 5.97 Å². The van der Waals surface area contributed by atoms with Crippen LogP contribution in [0.5, 0.6) is 0 Å². The molecule has 0 aliphatic rings. The first-order valence-corrected chi connectivity index (χ1v) is 7.21. The third-order valence-electron chi connectivity index (χ3n) is 2.60. The number of hydrogen-bond donors (Lipinski definition) is 2. The van der Waals surface area contributed by atoms with E-state index in [-0.39, 0.29) is 5.75 Å². The molecule has 1 amide bonds. The third kappa shape index (κ3) is 4.59. The SMILES string of the molecule is CCCC(NC(=O)c1ccccc1SCC#N)C(=O)O. The Morgan fingerprint density at radius 1 is 1.45 bits per heavy atom. The molecule has 0 aliphatic heterocycles. The minimum absolute atomic E-state index is 0.238. The first-order valence-electron chi connectivity index (χ1n) is 6.22. The number of carboxylic acids is 1. The summed E-state index contributed by atoms with van der Waals surface area (Å²) in [6, 6.07) is 7.96. The van der Waals surface area contributed by atoms with Crippen molar-refractivity contribution in [3.8, 4) is 6.07 Å². The summed E-state index contributed by atoms with van der Waals surface area (Å²) in [5.74, 6) is -1.23. The van der Waals surface area contributed by atoms with Crippen LogP contribution in [0.25, 0.3) is 0 Å². The smallest absolute Gasteiger partial charge is 0.326 e. The summed E-state index contributed by atoms with van der Waals surface area (Å²) in [5.41, 5.74) is 0.398. The number of nitrogens with zero attached hydrogens (tertiary/aromatic N) is 1. The first kappa shape index (κ1) is 16.1. The van der Waals surface area contributed by atoms with Gasteiger partial charge in [-0.1, -0.05) is 25.5 Å². The van der Waals surface area contributed by atoms with Crippen LogP contribution in [-0.2, 0) is 4.79 Å². The molecule has 1 unspecified atom stereocenters. The van der Waals surface area contributed by atoms with E-state index in [0.29, 0.717) is 23.3 Å². The van der Waals surface area contributed by atoms with Crippen LogP contribution >= 0.6 is 11.8 Å². The van der Waals surface area contributed by atoms with Crippen molar-refractivity contribution in [2.45, 2.75) is 30.7 Å². The zero-order chi connectivity index (χ0) is 15.0. The summed E-state index contributed by atoms with van der Waals surface area (Å²) in [6.07, 6.45) is 1.05. The second kappa shape index (κ2) is 8.23. The van der Waals surface area contributed by atoms with Crippen molar-refractivity contribution in [2.75, 3.05) is 5.75 Å². The van der Waals surface area contributed by atoms with Crippen LogP contribution in [0.4, 0.5) is 0 Å². The van der Waals surface area contributed by atoms with Crippen LogP contribution in [0, 0.1) is 11.3 Å². The highest BCUT2D eigenvalue weighted by molar-refractivity contribution is 7.99. The molecule has 0 fully saturated rings. The summed E-state index contributed by atoms with van der Waals surface area (Å²) in [4.78, 5) is 23.9. The van der Waals surface area contributed by atoms with Gasteiger partial charge in [-0.05, 0) is 18.6 Å². The summed E-state index contributed by atoms with van der Waals surface area (Å²) in [5, 5.41) is 20.2. The molecule has 0 aromatic heterocycles. The molecule has 0 radical (unpaired) electrons. The van der Waals surface area contributed by atoms with E-state index < -0.39 is 17.9 Å². The Balaban J connectivity index is 2.86. The number of carbonyl (C=O) groups excluding carboxylic acids is 1. The van der Waals surface area contributed by atoms with E-state index in [1.54, 1.807) is 24.3 Å². The molecule has 0 saturated heterocycles. The van der Waals surface area contributed by atoms with Crippen molar-refractivity contribution in [1.29, 1.82) is 5.26 Å². The van der Waals surface area contributed by atoms with Gasteiger partial charge in [-0.15, -0.1) is 11.8 Å². The molecule has 1 rings (SSSR count). The van der Waals surface area contributed by atoms with Crippen LogP contribution < -0.4 is 5.32 Å². The maximum Gasteiger partial charge on any atom is 0.326 e. The number of nitriles is 1. The first-order chi connectivity index (χ1) is 9.60.